The number of fused-ring (bicyclic) bond motifs is 1. The van der Waals surface area contributed by atoms with Crippen LogP contribution < -0.4 is 5.32 Å². The molecule has 29 heavy (non-hydrogen) atoms. The van der Waals surface area contributed by atoms with Gasteiger partial charge < -0.3 is 10.2 Å². The van der Waals surface area contributed by atoms with Crippen LogP contribution >= 0.6 is 0 Å². The van der Waals surface area contributed by atoms with Gasteiger partial charge in [-0.05, 0) is 50.5 Å². The first-order valence-corrected chi connectivity index (χ1v) is 9.91. The number of carbonyl (C=O) groups is 2. The molecule has 1 saturated carbocycles. The molecule has 1 fully saturated rings. The Morgan fingerprint density at radius 1 is 1.17 bits per heavy atom. The molecule has 1 N–H and O–H groups in total. The van der Waals surface area contributed by atoms with Gasteiger partial charge in [-0.1, -0.05) is 12.1 Å². The van der Waals surface area contributed by atoms with E-state index in [1.54, 1.807) is 36.5 Å². The minimum absolute atomic E-state index is 0.0372. The number of hydrogen-bond donors (Lipinski definition) is 1. The molecule has 1 aliphatic rings. The summed E-state index contributed by atoms with van der Waals surface area (Å²) in [6, 6.07) is 9.76. The van der Waals surface area contributed by atoms with Crippen LogP contribution in [0.1, 0.15) is 59.0 Å². The molecule has 2 heterocycles. The van der Waals surface area contributed by atoms with E-state index in [1.807, 2.05) is 36.7 Å². The summed E-state index contributed by atoms with van der Waals surface area (Å²) < 4.78 is 1.84. The van der Waals surface area contributed by atoms with E-state index in [1.165, 1.54) is 0 Å². The van der Waals surface area contributed by atoms with E-state index >= 15 is 0 Å². The van der Waals surface area contributed by atoms with Crippen molar-refractivity contribution in [3.05, 3.63) is 59.4 Å². The van der Waals surface area contributed by atoms with Crippen molar-refractivity contribution >= 4 is 22.8 Å². The van der Waals surface area contributed by atoms with Crippen molar-refractivity contribution in [3.8, 4) is 0 Å². The fourth-order valence-corrected chi connectivity index (χ4v) is 3.26. The summed E-state index contributed by atoms with van der Waals surface area (Å²) in [6.07, 6.45) is 5.48. The summed E-state index contributed by atoms with van der Waals surface area (Å²) in [5.74, 6) is -0.142. The topological polar surface area (TPSA) is 80.1 Å². The Morgan fingerprint density at radius 2 is 1.90 bits per heavy atom. The second kappa shape index (κ2) is 7.66. The normalized spacial score (nSPS) is 13.7. The highest BCUT2D eigenvalue weighted by molar-refractivity contribution is 5.97. The largest absolute Gasteiger partial charge is 0.349 e. The number of aromatic nitrogens is 3. The molecule has 1 aromatic carbocycles. The molecule has 0 bridgehead atoms. The number of rotatable bonds is 6. The molecule has 7 heteroatoms. The van der Waals surface area contributed by atoms with Crippen LogP contribution in [0.2, 0.25) is 0 Å². The van der Waals surface area contributed by atoms with Gasteiger partial charge in [-0.2, -0.15) is 5.10 Å². The van der Waals surface area contributed by atoms with E-state index in [-0.39, 0.29) is 17.9 Å². The van der Waals surface area contributed by atoms with Crippen molar-refractivity contribution < 1.29 is 9.59 Å². The number of nitrogens with one attached hydrogen (secondary N) is 1. The van der Waals surface area contributed by atoms with Crippen LogP contribution in [0.5, 0.6) is 0 Å². The maximum absolute atomic E-state index is 12.8. The van der Waals surface area contributed by atoms with E-state index < -0.39 is 0 Å². The molecule has 0 aliphatic heterocycles. The van der Waals surface area contributed by atoms with Crippen LogP contribution in [-0.4, -0.2) is 44.6 Å². The van der Waals surface area contributed by atoms with E-state index in [4.69, 9.17) is 0 Å². The van der Waals surface area contributed by atoms with Gasteiger partial charge in [-0.15, -0.1) is 0 Å². The maximum atomic E-state index is 12.8. The van der Waals surface area contributed by atoms with Gasteiger partial charge in [0.1, 0.15) is 0 Å². The highest BCUT2D eigenvalue weighted by atomic mass is 16.2. The number of amides is 2. The van der Waals surface area contributed by atoms with Crippen LogP contribution in [0.15, 0.2) is 42.7 Å². The third-order valence-electron chi connectivity index (χ3n) is 5.06. The van der Waals surface area contributed by atoms with Crippen molar-refractivity contribution in [1.29, 1.82) is 0 Å². The molecule has 1 aliphatic carbocycles. The number of benzene rings is 1. The van der Waals surface area contributed by atoms with Gasteiger partial charge in [-0.25, -0.2) is 9.67 Å². The molecular weight excluding hydrogens is 366 g/mol. The second-order valence-corrected chi connectivity index (χ2v) is 7.93. The molecule has 2 amide bonds. The van der Waals surface area contributed by atoms with E-state index in [9.17, 15) is 9.59 Å². The summed E-state index contributed by atoms with van der Waals surface area (Å²) >= 11 is 0. The van der Waals surface area contributed by atoms with Crippen LogP contribution in [0.4, 0.5) is 0 Å². The quantitative estimate of drug-likeness (QED) is 0.700. The molecule has 0 atom stereocenters. The smallest absolute Gasteiger partial charge is 0.255 e. The predicted octanol–water partition coefficient (Wildman–Crippen LogP) is 3.18. The van der Waals surface area contributed by atoms with E-state index in [2.05, 4.69) is 15.4 Å². The Kier molecular flexibility index (Phi) is 5.05. The third-order valence-corrected chi connectivity index (χ3v) is 5.06. The average Bonchev–Trinajstić information content (AvgIpc) is 3.42. The SMILES string of the molecule is CC(C)n1ncc2cc(C(=O)N(C)Cc3ccc(C(=O)NC4CC4)cc3)cnc21. The van der Waals surface area contributed by atoms with Crippen molar-refractivity contribution in [3.63, 3.8) is 0 Å². The monoisotopic (exact) mass is 391 g/mol. The Morgan fingerprint density at radius 3 is 2.55 bits per heavy atom. The van der Waals surface area contributed by atoms with Gasteiger partial charge in [0.05, 0.1) is 11.8 Å². The van der Waals surface area contributed by atoms with Crippen molar-refractivity contribution in [2.45, 2.75) is 45.3 Å². The van der Waals surface area contributed by atoms with Crippen molar-refractivity contribution in [2.75, 3.05) is 7.05 Å². The molecule has 4 rings (SSSR count). The standard InChI is InChI=1S/C22H25N5O2/c1-14(2)27-20-17(12-24-27)10-18(11-23-20)22(29)26(3)13-15-4-6-16(7-5-15)21(28)25-19-8-9-19/h4-7,10-12,14,19H,8-9,13H2,1-3H3,(H,25,28). The number of nitrogens with zero attached hydrogens (tertiary/aromatic N) is 4. The summed E-state index contributed by atoms with van der Waals surface area (Å²) in [6.45, 7) is 4.54. The lowest BCUT2D eigenvalue weighted by Gasteiger charge is -2.17. The van der Waals surface area contributed by atoms with Gasteiger partial charge in [0.25, 0.3) is 11.8 Å². The number of hydrogen-bond acceptors (Lipinski definition) is 4. The lowest BCUT2D eigenvalue weighted by Crippen LogP contribution is -2.27. The lowest BCUT2D eigenvalue weighted by atomic mass is 10.1. The van der Waals surface area contributed by atoms with Gasteiger partial charge in [0, 0.05) is 42.8 Å². The first-order chi connectivity index (χ1) is 13.9. The first-order valence-electron chi connectivity index (χ1n) is 9.91. The molecular formula is C22H25N5O2. The average molecular weight is 391 g/mol. The Balaban J connectivity index is 1.43. The van der Waals surface area contributed by atoms with Gasteiger partial charge in [0.2, 0.25) is 0 Å². The van der Waals surface area contributed by atoms with Crippen molar-refractivity contribution in [1.82, 2.24) is 25.0 Å². The van der Waals surface area contributed by atoms with E-state index in [0.717, 1.165) is 29.4 Å². The Hall–Kier alpha value is -3.22. The maximum Gasteiger partial charge on any atom is 0.255 e. The van der Waals surface area contributed by atoms with Gasteiger partial charge in [-0.3, -0.25) is 9.59 Å². The Labute approximate surface area is 169 Å². The molecule has 2 aromatic heterocycles. The van der Waals surface area contributed by atoms with Crippen molar-refractivity contribution in [2.24, 2.45) is 0 Å². The lowest BCUT2D eigenvalue weighted by molar-refractivity contribution is 0.0784. The molecule has 0 saturated heterocycles. The van der Waals surface area contributed by atoms with Gasteiger partial charge in [0.15, 0.2) is 5.65 Å². The summed E-state index contributed by atoms with van der Waals surface area (Å²) in [7, 11) is 1.76. The van der Waals surface area contributed by atoms with E-state index in [0.29, 0.717) is 23.7 Å². The predicted molar refractivity (Wildman–Crippen MR) is 111 cm³/mol. The number of carbonyl (C=O) groups excluding carboxylic acids is 2. The molecule has 150 valence electrons. The summed E-state index contributed by atoms with van der Waals surface area (Å²) in [5, 5.41) is 8.18. The molecule has 0 radical (unpaired) electrons. The highest BCUT2D eigenvalue weighted by Gasteiger charge is 2.23. The van der Waals surface area contributed by atoms with Crippen LogP contribution in [0.3, 0.4) is 0 Å². The molecule has 3 aromatic rings. The zero-order valence-electron chi connectivity index (χ0n) is 16.9. The fraction of sp³-hybridized carbons (Fsp3) is 0.364. The van der Waals surface area contributed by atoms with Crippen LogP contribution in [0, 0.1) is 0 Å². The van der Waals surface area contributed by atoms with Crippen LogP contribution in [0.25, 0.3) is 11.0 Å². The van der Waals surface area contributed by atoms with Gasteiger partial charge >= 0.3 is 0 Å². The first kappa shape index (κ1) is 19.1. The van der Waals surface area contributed by atoms with Crippen LogP contribution in [-0.2, 0) is 6.54 Å². The molecule has 7 nitrogen and oxygen atoms in total. The molecule has 0 unspecified atom stereocenters. The number of pyridine rings is 1. The minimum Gasteiger partial charge on any atom is -0.349 e. The second-order valence-electron chi connectivity index (χ2n) is 7.93. The summed E-state index contributed by atoms with van der Waals surface area (Å²) in [4.78, 5) is 31.0. The Bertz CT molecular complexity index is 1050. The molecule has 0 spiro atoms. The minimum atomic E-state index is -0.104. The summed E-state index contributed by atoms with van der Waals surface area (Å²) in [5.41, 5.74) is 2.92. The third kappa shape index (κ3) is 4.13. The zero-order chi connectivity index (χ0) is 20.5. The zero-order valence-corrected chi connectivity index (χ0v) is 16.9. The fourth-order valence-electron chi connectivity index (χ4n) is 3.26. The highest BCUT2D eigenvalue weighted by Crippen LogP contribution is 2.20.